The standard InChI is InChI=1S/6N.Ru. The maximum atomic E-state index is 0. The van der Waals surface area contributed by atoms with Crippen LogP contribution in [0.3, 0.4) is 0 Å². The third kappa shape index (κ3) is 834. The predicted molar refractivity (Wildman–Crippen MR) is 12.8 cm³/mol. The van der Waals surface area contributed by atoms with Crippen LogP contribution in [0.25, 0.3) is 0 Å². The molecule has 0 aromatic heterocycles. The first kappa shape index (κ1) is 2050. The molecular weight excluding hydrogens is 185 g/mol. The Hall–Kier alpha value is 0.383. The number of hydrogen-bond acceptors (Lipinski definition) is 0. The molecule has 0 aromatic rings. The summed E-state index contributed by atoms with van der Waals surface area (Å²) in [6, 6.07) is 0. The van der Waals surface area contributed by atoms with Crippen LogP contribution in [-0.2, 0) is 19.5 Å². The van der Waals surface area contributed by atoms with Crippen molar-refractivity contribution in [1.29, 1.82) is 0 Å². The van der Waals surface area contributed by atoms with E-state index in [4.69, 9.17) is 0 Å². The normalized spacial score (nSPS) is 0. The van der Waals surface area contributed by atoms with Gasteiger partial charge in [0.25, 0.3) is 0 Å². The van der Waals surface area contributed by atoms with E-state index in [-0.39, 0.29) is 56.4 Å². The maximum Gasteiger partial charge on any atom is 0 e. The van der Waals surface area contributed by atoms with Crippen LogP contribution in [0.1, 0.15) is 0 Å². The Morgan fingerprint density at radius 1 is 0.286 bits per heavy atom. The van der Waals surface area contributed by atoms with Crippen molar-refractivity contribution in [2.45, 2.75) is 0 Å². The van der Waals surface area contributed by atoms with Crippen molar-refractivity contribution in [2.75, 3.05) is 0 Å². The molecule has 0 N–H and O–H groups in total. The zero-order valence-electron chi connectivity index (χ0n) is 3.04. The second kappa shape index (κ2) is 1260. The van der Waals surface area contributed by atoms with Crippen molar-refractivity contribution in [3.05, 3.63) is 0 Å². The number of nitrogens with zero attached hydrogens (tertiary/aromatic N) is 6. The van der Waals surface area contributed by atoms with Crippen molar-refractivity contribution in [2.24, 2.45) is 0 Å². The molecule has 0 rings (SSSR count). The average molecular weight is 185 g/mol. The Bertz CT molecular complexity index is 4.14. The van der Waals surface area contributed by atoms with Crippen molar-refractivity contribution in [1.82, 2.24) is 36.9 Å². The summed E-state index contributed by atoms with van der Waals surface area (Å²) in [7, 11) is 0. The largest absolute Gasteiger partial charge is 0 e. The van der Waals surface area contributed by atoms with Crippen molar-refractivity contribution in [3.63, 3.8) is 0 Å². The third-order valence-electron chi connectivity index (χ3n) is 0. The van der Waals surface area contributed by atoms with Crippen LogP contribution in [0.15, 0.2) is 0 Å². The maximum absolute atomic E-state index is 0. The van der Waals surface area contributed by atoms with Gasteiger partial charge in [0, 0.05) is 56.4 Å². The van der Waals surface area contributed by atoms with Gasteiger partial charge in [0.1, 0.15) is 0 Å². The summed E-state index contributed by atoms with van der Waals surface area (Å²) in [6.45, 7) is 0. The van der Waals surface area contributed by atoms with Gasteiger partial charge in [-0.2, -0.15) is 0 Å². The molecule has 7 heteroatoms. The Morgan fingerprint density at radius 2 is 0.286 bits per heavy atom. The summed E-state index contributed by atoms with van der Waals surface area (Å²) in [4.78, 5) is 0. The molecule has 0 amide bonds. The molecule has 38 valence electrons. The fourth-order valence-corrected chi connectivity index (χ4v) is 0. The summed E-state index contributed by atoms with van der Waals surface area (Å²) in [5.74, 6) is 0. The molecule has 0 saturated heterocycles. The van der Waals surface area contributed by atoms with Gasteiger partial charge < -0.3 is 0 Å². The molecule has 18 radical (unpaired) electrons. The topological polar surface area (TPSA) is 183 Å². The van der Waals surface area contributed by atoms with Crippen LogP contribution in [0.4, 0.5) is 0 Å². The van der Waals surface area contributed by atoms with Crippen LogP contribution >= 0.6 is 0 Å². The minimum absolute atomic E-state index is 0. The van der Waals surface area contributed by atoms with Gasteiger partial charge in [-0.1, -0.05) is 0 Å². The average Bonchev–Trinajstić information content (AvgIpc) is 0. The molecule has 0 aliphatic heterocycles. The fourth-order valence-electron chi connectivity index (χ4n) is 0. The first-order chi connectivity index (χ1) is 0. The van der Waals surface area contributed by atoms with Gasteiger partial charge in [0.15, 0.2) is 0 Å². The van der Waals surface area contributed by atoms with Gasteiger partial charge in [-0.05, 0) is 0 Å². The van der Waals surface area contributed by atoms with E-state index < -0.39 is 0 Å². The van der Waals surface area contributed by atoms with E-state index in [1.807, 2.05) is 0 Å². The zero-order chi connectivity index (χ0) is 0. The molecule has 0 aliphatic carbocycles. The first-order valence-corrected chi connectivity index (χ1v) is 0. The van der Waals surface area contributed by atoms with E-state index in [1.54, 1.807) is 0 Å². The van der Waals surface area contributed by atoms with E-state index in [1.165, 1.54) is 0 Å². The van der Waals surface area contributed by atoms with Crippen molar-refractivity contribution in [3.8, 4) is 0 Å². The zero-order valence-corrected chi connectivity index (χ0v) is 4.77. The van der Waals surface area contributed by atoms with Crippen LogP contribution in [-0.4, -0.2) is 0 Å². The Labute approximate surface area is 57.1 Å². The molecule has 0 saturated carbocycles. The van der Waals surface area contributed by atoms with Gasteiger partial charge in [-0.15, -0.1) is 0 Å². The van der Waals surface area contributed by atoms with E-state index in [9.17, 15) is 0 Å². The molecule has 0 aliphatic rings. The summed E-state index contributed by atoms with van der Waals surface area (Å²) in [5.41, 5.74) is 0. The molecule has 0 heterocycles. The van der Waals surface area contributed by atoms with E-state index in [0.29, 0.717) is 0 Å². The van der Waals surface area contributed by atoms with Crippen LogP contribution in [0, 0.1) is 0 Å². The molecule has 0 spiro atoms. The van der Waals surface area contributed by atoms with Gasteiger partial charge in [0.2, 0.25) is 0 Å². The summed E-state index contributed by atoms with van der Waals surface area (Å²) >= 11 is 0. The first-order valence-electron chi connectivity index (χ1n) is 0. The van der Waals surface area contributed by atoms with Gasteiger partial charge in [-0.25, -0.2) is 0 Å². The molecular formula is N6Ru. The number of hydrogen-bond donors (Lipinski definition) is 0. The Balaban J connectivity index is 0. The molecule has 0 bridgehead atoms. The minimum Gasteiger partial charge on any atom is 0 e. The summed E-state index contributed by atoms with van der Waals surface area (Å²) in [5, 5.41) is 0. The third-order valence-corrected chi connectivity index (χ3v) is 0. The van der Waals surface area contributed by atoms with Crippen LogP contribution in [0.5, 0.6) is 0 Å². The Kier molecular flexibility index (Phi) is 368000. The molecule has 0 unspecified atom stereocenters. The van der Waals surface area contributed by atoms with Crippen molar-refractivity contribution < 1.29 is 19.5 Å². The molecule has 6 nitrogen and oxygen atoms in total. The quantitative estimate of drug-likeness (QED) is 0.351. The molecule has 0 fully saturated rings. The number of rotatable bonds is 0. The smallest absolute Gasteiger partial charge is 0 e. The monoisotopic (exact) mass is 186 g/mol. The molecule has 7 heavy (non-hydrogen) atoms. The Morgan fingerprint density at radius 3 is 0.286 bits per heavy atom. The van der Waals surface area contributed by atoms with E-state index in [0.717, 1.165) is 0 Å². The second-order valence-corrected chi connectivity index (χ2v) is 0. The second-order valence-electron chi connectivity index (χ2n) is 0. The molecule has 0 aromatic carbocycles. The van der Waals surface area contributed by atoms with Gasteiger partial charge in [-0.3, -0.25) is 0 Å². The van der Waals surface area contributed by atoms with E-state index >= 15 is 0 Å². The van der Waals surface area contributed by atoms with Gasteiger partial charge in [0.05, 0.1) is 0 Å². The SMILES string of the molecule is [N].[N].[N].[N].[N].[N].[Ru]. The van der Waals surface area contributed by atoms with E-state index in [2.05, 4.69) is 0 Å². The predicted octanol–water partition coefficient (Wildman–Crippen LogP) is -2.89. The fraction of sp³-hybridized carbons (Fsp3) is 0. The molecule has 0 atom stereocenters. The summed E-state index contributed by atoms with van der Waals surface area (Å²) < 4.78 is 0. The van der Waals surface area contributed by atoms with Crippen molar-refractivity contribution >= 4 is 0 Å². The minimum atomic E-state index is 0. The van der Waals surface area contributed by atoms with Gasteiger partial charge >= 0.3 is 0 Å². The van der Waals surface area contributed by atoms with Crippen LogP contribution in [0.2, 0.25) is 0 Å². The van der Waals surface area contributed by atoms with Crippen LogP contribution < -0.4 is 36.9 Å². The summed E-state index contributed by atoms with van der Waals surface area (Å²) in [6.07, 6.45) is 0.